The molecule has 2 fully saturated rings. The van der Waals surface area contributed by atoms with Crippen LogP contribution in [0.4, 0.5) is 30.4 Å². The average Bonchev–Trinajstić information content (AvgIpc) is 3.62. The highest BCUT2D eigenvalue weighted by molar-refractivity contribution is 6.11. The third kappa shape index (κ3) is 7.59. The molecule has 3 N–H and O–H groups in total. The minimum Gasteiger partial charge on any atom is -0.381 e. The predicted octanol–water partition coefficient (Wildman–Crippen LogP) is 6.15. The molecule has 1 unspecified atom stereocenters. The van der Waals surface area contributed by atoms with E-state index in [0.29, 0.717) is 54.9 Å². The molecule has 0 bridgehead atoms. The average molecular weight is 621 g/mol. The van der Waals surface area contributed by atoms with E-state index in [4.69, 9.17) is 4.74 Å². The molecule has 8 nitrogen and oxygen atoms in total. The fraction of sp³-hybridized carbons (Fsp3) is 0.412. The summed E-state index contributed by atoms with van der Waals surface area (Å²) < 4.78 is 46.8. The first-order valence-electron chi connectivity index (χ1n) is 15.7. The molecule has 3 heterocycles. The standard InChI is InChI=1S/C34H39F3N6O2/c1-2-43(12-11-42-10-7-24(35)21-42)28-4-5-29(32(20-28)38-27-8-13-45-14-9-27)34(44)39-33-30-18-22(3-6-31(30)40-41-33)15-23-16-25(36)19-26(37)17-23/h3-6,16-20,24,27,38H,2,7-15,21H2,1H3,(H2,39,40,41,44). The molecule has 0 saturated carbocycles. The van der Waals surface area contributed by atoms with Crippen LogP contribution in [0.1, 0.15) is 47.7 Å². The maximum atomic E-state index is 13.8. The van der Waals surface area contributed by atoms with Gasteiger partial charge in [-0.05, 0) is 86.2 Å². The molecule has 2 aliphatic rings. The summed E-state index contributed by atoms with van der Waals surface area (Å²) in [5.41, 5.74) is 4.27. The molecule has 1 aromatic heterocycles. The Morgan fingerprint density at radius 3 is 2.58 bits per heavy atom. The summed E-state index contributed by atoms with van der Waals surface area (Å²) >= 11 is 0. The lowest BCUT2D eigenvalue weighted by molar-refractivity contribution is 0.0904. The van der Waals surface area contributed by atoms with E-state index in [2.05, 4.69) is 37.6 Å². The highest BCUT2D eigenvalue weighted by Gasteiger charge is 2.23. The normalized spacial score (nSPS) is 17.6. The number of nitrogens with one attached hydrogen (secondary N) is 3. The lowest BCUT2D eigenvalue weighted by Gasteiger charge is -2.29. The van der Waals surface area contributed by atoms with Crippen molar-refractivity contribution in [2.24, 2.45) is 0 Å². The van der Waals surface area contributed by atoms with Crippen molar-refractivity contribution in [2.75, 3.05) is 61.5 Å². The number of likely N-dealkylation sites (tertiary alicyclic amines) is 1. The number of H-pyrrole nitrogens is 1. The maximum Gasteiger partial charge on any atom is 0.258 e. The Hall–Kier alpha value is -4.09. The molecule has 3 aromatic carbocycles. The number of rotatable bonds is 11. The quantitative estimate of drug-likeness (QED) is 0.187. The third-order valence-electron chi connectivity index (χ3n) is 8.67. The van der Waals surface area contributed by atoms with Crippen LogP contribution in [-0.4, -0.2) is 79.2 Å². The second-order valence-electron chi connectivity index (χ2n) is 11.9. The summed E-state index contributed by atoms with van der Waals surface area (Å²) in [6.45, 7) is 7.00. The van der Waals surface area contributed by atoms with Gasteiger partial charge in [-0.1, -0.05) is 6.07 Å². The highest BCUT2D eigenvalue weighted by atomic mass is 19.1. The zero-order valence-corrected chi connectivity index (χ0v) is 25.4. The molecule has 45 heavy (non-hydrogen) atoms. The summed E-state index contributed by atoms with van der Waals surface area (Å²) in [7, 11) is 0. The van der Waals surface area contributed by atoms with Crippen LogP contribution >= 0.6 is 0 Å². The number of benzene rings is 3. The molecule has 4 aromatic rings. The second-order valence-corrected chi connectivity index (χ2v) is 11.9. The van der Waals surface area contributed by atoms with Crippen molar-refractivity contribution in [3.63, 3.8) is 0 Å². The van der Waals surface area contributed by atoms with E-state index < -0.39 is 17.8 Å². The first-order valence-corrected chi connectivity index (χ1v) is 15.7. The number of amides is 1. The fourth-order valence-corrected chi connectivity index (χ4v) is 6.22. The molecule has 1 amide bonds. The lowest BCUT2D eigenvalue weighted by Crippen LogP contribution is -2.34. The van der Waals surface area contributed by atoms with Gasteiger partial charge in [0.15, 0.2) is 5.82 Å². The molecule has 2 aliphatic heterocycles. The second kappa shape index (κ2) is 13.9. The largest absolute Gasteiger partial charge is 0.381 e. The van der Waals surface area contributed by atoms with Gasteiger partial charge in [0.1, 0.15) is 17.8 Å². The van der Waals surface area contributed by atoms with Crippen molar-refractivity contribution in [3.05, 3.63) is 82.9 Å². The molecule has 238 valence electrons. The van der Waals surface area contributed by atoms with Gasteiger partial charge in [-0.25, -0.2) is 13.2 Å². The number of nitrogens with zero attached hydrogens (tertiary/aromatic N) is 3. The number of alkyl halides is 1. The number of carbonyl (C=O) groups is 1. The van der Waals surface area contributed by atoms with Gasteiger partial charge in [0.25, 0.3) is 5.91 Å². The molecule has 0 radical (unpaired) electrons. The Kier molecular flexibility index (Phi) is 9.56. The molecule has 1 atom stereocenters. The van der Waals surface area contributed by atoms with Gasteiger partial charge >= 0.3 is 0 Å². The van der Waals surface area contributed by atoms with Crippen molar-refractivity contribution in [1.29, 1.82) is 0 Å². The molecule has 0 aliphatic carbocycles. The third-order valence-corrected chi connectivity index (χ3v) is 8.67. The molecular weight excluding hydrogens is 581 g/mol. The van der Waals surface area contributed by atoms with E-state index >= 15 is 0 Å². The minimum atomic E-state index is -0.746. The van der Waals surface area contributed by atoms with E-state index in [0.717, 1.165) is 67.5 Å². The van der Waals surface area contributed by atoms with Crippen LogP contribution in [0, 0.1) is 11.6 Å². The molecule has 2 saturated heterocycles. The van der Waals surface area contributed by atoms with Crippen LogP contribution in [0.15, 0.2) is 54.6 Å². The Bertz CT molecular complexity index is 1620. The topological polar surface area (TPSA) is 85.5 Å². The van der Waals surface area contributed by atoms with E-state index in [1.54, 1.807) is 0 Å². The van der Waals surface area contributed by atoms with Crippen LogP contribution in [0.3, 0.4) is 0 Å². The minimum absolute atomic E-state index is 0.170. The number of ether oxygens (including phenoxy) is 1. The van der Waals surface area contributed by atoms with Crippen molar-refractivity contribution >= 4 is 34.0 Å². The van der Waals surface area contributed by atoms with Gasteiger partial charge in [-0.2, -0.15) is 5.10 Å². The first-order chi connectivity index (χ1) is 21.8. The van der Waals surface area contributed by atoms with Crippen LogP contribution in [-0.2, 0) is 11.2 Å². The number of hydrogen-bond donors (Lipinski definition) is 3. The first kappa shape index (κ1) is 30.9. The highest BCUT2D eigenvalue weighted by Crippen LogP contribution is 2.29. The summed E-state index contributed by atoms with van der Waals surface area (Å²) in [6.07, 6.45) is 1.84. The van der Waals surface area contributed by atoms with Gasteiger partial charge in [-0.15, -0.1) is 0 Å². The number of aromatic amines is 1. The van der Waals surface area contributed by atoms with E-state index in [9.17, 15) is 18.0 Å². The molecule has 0 spiro atoms. The number of carbonyl (C=O) groups excluding carboxylic acids is 1. The van der Waals surface area contributed by atoms with Crippen molar-refractivity contribution in [2.45, 2.75) is 44.8 Å². The van der Waals surface area contributed by atoms with E-state index in [1.165, 1.54) is 12.1 Å². The fourth-order valence-electron chi connectivity index (χ4n) is 6.22. The van der Waals surface area contributed by atoms with Crippen LogP contribution in [0.2, 0.25) is 0 Å². The Morgan fingerprint density at radius 2 is 1.84 bits per heavy atom. The molecular formula is C34H39F3N6O2. The zero-order valence-electron chi connectivity index (χ0n) is 25.4. The predicted molar refractivity (Wildman–Crippen MR) is 171 cm³/mol. The molecule has 6 rings (SSSR count). The van der Waals surface area contributed by atoms with Gasteiger partial charge in [0.05, 0.1) is 11.1 Å². The van der Waals surface area contributed by atoms with Crippen molar-refractivity contribution < 1.29 is 22.7 Å². The molecule has 11 heteroatoms. The Morgan fingerprint density at radius 1 is 1.04 bits per heavy atom. The van der Waals surface area contributed by atoms with E-state index in [1.807, 2.05) is 36.4 Å². The van der Waals surface area contributed by atoms with E-state index in [-0.39, 0.29) is 11.9 Å². The number of halogens is 3. The summed E-state index contributed by atoms with van der Waals surface area (Å²) in [5, 5.41) is 14.6. The number of anilines is 3. The summed E-state index contributed by atoms with van der Waals surface area (Å²) in [5.74, 6) is -1.18. The number of likely N-dealkylation sites (N-methyl/N-ethyl adjacent to an activating group) is 1. The van der Waals surface area contributed by atoms with Crippen molar-refractivity contribution in [3.8, 4) is 0 Å². The SMILES string of the molecule is CCN(CCN1CCC(F)C1)c1ccc(C(=O)Nc2n[nH]c3ccc(Cc4cc(F)cc(F)c4)cc23)c(NC2CCOCC2)c1. The maximum absolute atomic E-state index is 13.8. The van der Waals surface area contributed by atoms with Crippen molar-refractivity contribution in [1.82, 2.24) is 15.1 Å². The van der Waals surface area contributed by atoms with Gasteiger partial charge in [-0.3, -0.25) is 14.8 Å². The van der Waals surface area contributed by atoms with Gasteiger partial charge in [0, 0.05) is 74.8 Å². The monoisotopic (exact) mass is 620 g/mol. The van der Waals surface area contributed by atoms with Gasteiger partial charge in [0.2, 0.25) is 0 Å². The summed E-state index contributed by atoms with van der Waals surface area (Å²) in [6, 6.07) is 15.0. The van der Waals surface area contributed by atoms with Crippen LogP contribution in [0.5, 0.6) is 0 Å². The Labute approximate surface area is 260 Å². The van der Waals surface area contributed by atoms with Gasteiger partial charge < -0.3 is 20.3 Å². The number of fused-ring (bicyclic) bond motifs is 1. The Balaban J connectivity index is 1.23. The summed E-state index contributed by atoms with van der Waals surface area (Å²) in [4.78, 5) is 18.2. The zero-order chi connectivity index (χ0) is 31.3. The number of hydrogen-bond acceptors (Lipinski definition) is 6. The smallest absolute Gasteiger partial charge is 0.258 e. The van der Waals surface area contributed by atoms with Crippen LogP contribution < -0.4 is 15.5 Å². The lowest BCUT2D eigenvalue weighted by atomic mass is 10.0. The number of aromatic nitrogens is 2. The van der Waals surface area contributed by atoms with Crippen LogP contribution in [0.25, 0.3) is 10.9 Å².